The van der Waals surface area contributed by atoms with Gasteiger partial charge in [0.2, 0.25) is 0 Å². The van der Waals surface area contributed by atoms with Crippen molar-refractivity contribution in [2.45, 2.75) is 144 Å². The molecule has 0 saturated heterocycles. The number of rotatable bonds is 17. The van der Waals surface area contributed by atoms with E-state index in [2.05, 4.69) is 163 Å². The van der Waals surface area contributed by atoms with E-state index in [1.807, 2.05) is 36.4 Å². The summed E-state index contributed by atoms with van der Waals surface area (Å²) in [5.74, 6) is 5.54. The Hall–Kier alpha value is -5.88. The molecule has 0 radical (unpaired) electrons. The quantitative estimate of drug-likeness (QED) is 0.0909. The van der Waals surface area contributed by atoms with Crippen molar-refractivity contribution < 1.29 is 28.4 Å². The van der Waals surface area contributed by atoms with E-state index in [0.717, 1.165) is 57.6 Å². The highest BCUT2D eigenvalue weighted by molar-refractivity contribution is 5.55. The minimum atomic E-state index is -0.182. The van der Waals surface area contributed by atoms with Gasteiger partial charge in [0.15, 0.2) is 0 Å². The van der Waals surface area contributed by atoms with Crippen LogP contribution in [0.1, 0.15) is 154 Å². The second-order valence-corrected chi connectivity index (χ2v) is 21.5. The van der Waals surface area contributed by atoms with Crippen LogP contribution in [0.15, 0.2) is 109 Å². The molecule has 0 spiro atoms. The smallest absolute Gasteiger partial charge is 0.123 e. The van der Waals surface area contributed by atoms with Crippen molar-refractivity contribution in [1.82, 2.24) is 0 Å². The van der Waals surface area contributed by atoms with Gasteiger partial charge in [0, 0.05) is 5.92 Å². The molecular formula is C61H76O6. The predicted molar refractivity (Wildman–Crippen MR) is 276 cm³/mol. The number of hydrogen-bond donors (Lipinski definition) is 0. The Morgan fingerprint density at radius 2 is 0.657 bits per heavy atom. The van der Waals surface area contributed by atoms with Crippen LogP contribution in [0.3, 0.4) is 0 Å². The average molecular weight is 905 g/mol. The lowest BCUT2D eigenvalue weighted by Crippen LogP contribution is -2.19. The topological polar surface area (TPSA) is 55.4 Å². The summed E-state index contributed by atoms with van der Waals surface area (Å²) in [6, 6.07) is 38.5. The number of aryl methyl sites for hydroxylation is 3. The maximum atomic E-state index is 6.72. The minimum absolute atomic E-state index is 0.0620. The van der Waals surface area contributed by atoms with Crippen LogP contribution >= 0.6 is 0 Å². The van der Waals surface area contributed by atoms with E-state index >= 15 is 0 Å². The van der Waals surface area contributed by atoms with Crippen molar-refractivity contribution in [2.75, 3.05) is 21.3 Å². The maximum Gasteiger partial charge on any atom is 0.123 e. The first-order chi connectivity index (χ1) is 31.6. The van der Waals surface area contributed by atoms with Gasteiger partial charge in [-0.3, -0.25) is 0 Å². The second kappa shape index (κ2) is 21.0. The third-order valence-electron chi connectivity index (χ3n) is 13.1. The summed E-state index contributed by atoms with van der Waals surface area (Å²) in [4.78, 5) is 0. The molecule has 0 aromatic heterocycles. The summed E-state index contributed by atoms with van der Waals surface area (Å²) < 4.78 is 36.3. The lowest BCUT2D eigenvalue weighted by molar-refractivity contribution is 0.296. The molecule has 1 atom stereocenters. The SMILES string of the molecule is COc1ccc(COc2cc(C)c(C(C)CC(c3cc(C(C)(C)C)c(OCc4ccc(OC)cc4)cc3C)c3cc(C(C)(C)C)c(OCc4ccc(OC)cc4)cc3C)cc2C(C)(C)C)cc1. The van der Waals surface area contributed by atoms with E-state index in [1.54, 1.807) is 21.3 Å². The van der Waals surface area contributed by atoms with Gasteiger partial charge in [-0.15, -0.1) is 0 Å². The molecule has 356 valence electrons. The Morgan fingerprint density at radius 1 is 0.388 bits per heavy atom. The van der Waals surface area contributed by atoms with E-state index in [1.165, 1.54) is 50.1 Å². The van der Waals surface area contributed by atoms with Gasteiger partial charge >= 0.3 is 0 Å². The van der Waals surface area contributed by atoms with Crippen LogP contribution in [0.4, 0.5) is 0 Å². The van der Waals surface area contributed by atoms with Crippen molar-refractivity contribution >= 4 is 0 Å². The second-order valence-electron chi connectivity index (χ2n) is 21.5. The molecule has 0 aliphatic heterocycles. The van der Waals surface area contributed by atoms with Gasteiger partial charge in [0.05, 0.1) is 21.3 Å². The fourth-order valence-corrected chi connectivity index (χ4v) is 9.04. The fourth-order valence-electron chi connectivity index (χ4n) is 9.04. The summed E-state index contributed by atoms with van der Waals surface area (Å²) >= 11 is 0. The van der Waals surface area contributed by atoms with Gasteiger partial charge < -0.3 is 28.4 Å². The lowest BCUT2D eigenvalue weighted by atomic mass is 9.74. The summed E-state index contributed by atoms with van der Waals surface area (Å²) in [5.41, 5.74) is 14.0. The minimum Gasteiger partial charge on any atom is -0.497 e. The Labute approximate surface area is 403 Å². The molecule has 0 amide bonds. The van der Waals surface area contributed by atoms with Crippen LogP contribution in [0.2, 0.25) is 0 Å². The molecule has 0 fully saturated rings. The molecule has 0 bridgehead atoms. The molecule has 0 aliphatic carbocycles. The first-order valence-corrected chi connectivity index (χ1v) is 23.8. The van der Waals surface area contributed by atoms with Gasteiger partial charge in [-0.1, -0.05) is 124 Å². The largest absolute Gasteiger partial charge is 0.497 e. The number of methoxy groups -OCH3 is 3. The Bertz CT molecular complexity index is 2460. The molecule has 6 nitrogen and oxygen atoms in total. The Balaban J connectivity index is 1.45. The molecule has 6 heteroatoms. The normalized spacial score (nSPS) is 12.5. The zero-order chi connectivity index (χ0) is 48.8. The molecular weight excluding hydrogens is 829 g/mol. The molecule has 6 aromatic carbocycles. The zero-order valence-electron chi connectivity index (χ0n) is 43.3. The third kappa shape index (κ3) is 12.6. The highest BCUT2D eigenvalue weighted by Crippen LogP contribution is 2.46. The van der Waals surface area contributed by atoms with E-state index in [-0.39, 0.29) is 28.1 Å². The Morgan fingerprint density at radius 3 is 0.925 bits per heavy atom. The van der Waals surface area contributed by atoms with Gasteiger partial charge in [-0.05, 0) is 171 Å². The van der Waals surface area contributed by atoms with Crippen LogP contribution < -0.4 is 28.4 Å². The summed E-state index contributed by atoms with van der Waals surface area (Å²) in [6.45, 7) is 31.1. The standard InChI is InChI=1S/C61H76O6/c1-39(49-33-53(59(5,6)7)56(30-40(49)2)65-36-43-17-23-46(62-14)24-18-43)29-52(50-34-54(60(8,9)10)57(31-41(50)3)66-37-44-19-25-47(63-15)26-20-44)51-35-55(61(11,12)13)58(32-42(51)4)67-38-45-21-27-48(64-16)28-22-45/h17-28,30-35,39,52H,29,36-38H2,1-16H3. The van der Waals surface area contributed by atoms with E-state index < -0.39 is 0 Å². The van der Waals surface area contributed by atoms with Crippen LogP contribution in [0.5, 0.6) is 34.5 Å². The maximum absolute atomic E-state index is 6.72. The number of hydrogen-bond acceptors (Lipinski definition) is 6. The van der Waals surface area contributed by atoms with Crippen molar-refractivity contribution in [3.63, 3.8) is 0 Å². The molecule has 67 heavy (non-hydrogen) atoms. The summed E-state index contributed by atoms with van der Waals surface area (Å²) in [7, 11) is 5.08. The summed E-state index contributed by atoms with van der Waals surface area (Å²) in [6.07, 6.45) is 0.892. The first kappa shape index (κ1) is 50.5. The highest BCUT2D eigenvalue weighted by Gasteiger charge is 2.31. The van der Waals surface area contributed by atoms with Gasteiger partial charge in [0.1, 0.15) is 54.3 Å². The first-order valence-electron chi connectivity index (χ1n) is 23.8. The lowest BCUT2D eigenvalue weighted by Gasteiger charge is -2.32. The van der Waals surface area contributed by atoms with E-state index in [0.29, 0.717) is 19.8 Å². The van der Waals surface area contributed by atoms with Gasteiger partial charge in [-0.25, -0.2) is 0 Å². The predicted octanol–water partition coefficient (Wildman–Crippen LogP) is 15.6. The Kier molecular flexibility index (Phi) is 15.8. The van der Waals surface area contributed by atoms with Crippen molar-refractivity contribution in [3.8, 4) is 34.5 Å². The van der Waals surface area contributed by atoms with Gasteiger partial charge in [0.25, 0.3) is 0 Å². The molecule has 0 aliphatic rings. The molecule has 0 N–H and O–H groups in total. The van der Waals surface area contributed by atoms with Crippen LogP contribution in [0.25, 0.3) is 0 Å². The van der Waals surface area contributed by atoms with Crippen molar-refractivity contribution in [1.29, 1.82) is 0 Å². The van der Waals surface area contributed by atoms with Crippen molar-refractivity contribution in [3.05, 3.63) is 176 Å². The van der Waals surface area contributed by atoms with Crippen molar-refractivity contribution in [2.24, 2.45) is 0 Å². The van der Waals surface area contributed by atoms with Crippen LogP contribution in [-0.4, -0.2) is 21.3 Å². The third-order valence-corrected chi connectivity index (χ3v) is 13.1. The molecule has 0 heterocycles. The molecule has 0 saturated carbocycles. The van der Waals surface area contributed by atoms with Gasteiger partial charge in [-0.2, -0.15) is 0 Å². The monoisotopic (exact) mass is 905 g/mol. The molecule has 1 unspecified atom stereocenters. The van der Waals surface area contributed by atoms with E-state index in [9.17, 15) is 0 Å². The highest BCUT2D eigenvalue weighted by atomic mass is 16.5. The number of benzene rings is 6. The van der Waals surface area contributed by atoms with Crippen LogP contribution in [0, 0.1) is 20.8 Å². The van der Waals surface area contributed by atoms with E-state index in [4.69, 9.17) is 28.4 Å². The van der Waals surface area contributed by atoms with Crippen LogP contribution in [-0.2, 0) is 36.1 Å². The summed E-state index contributed by atoms with van der Waals surface area (Å²) in [5, 5.41) is 0. The molecule has 6 aromatic rings. The zero-order valence-corrected chi connectivity index (χ0v) is 43.3. The fraction of sp³-hybridized carbons (Fsp3) is 0.410. The average Bonchev–Trinajstić information content (AvgIpc) is 3.28. The molecule has 6 rings (SSSR count). The number of ether oxygens (including phenoxy) is 6.